The summed E-state index contributed by atoms with van der Waals surface area (Å²) in [4.78, 5) is 14.8. The maximum absolute atomic E-state index is 12.8. The molecule has 22 heavy (non-hydrogen) atoms. The SMILES string of the molecule is COc1ccc(CN(C(=O)c2ccccc2Br)C2CC2)cc1. The van der Waals surface area contributed by atoms with E-state index >= 15 is 0 Å². The van der Waals surface area contributed by atoms with Gasteiger partial charge in [0.2, 0.25) is 0 Å². The zero-order valence-electron chi connectivity index (χ0n) is 12.5. The van der Waals surface area contributed by atoms with Gasteiger partial charge in [-0.25, -0.2) is 0 Å². The number of benzene rings is 2. The second kappa shape index (κ2) is 6.53. The Bertz CT molecular complexity index is 665. The van der Waals surface area contributed by atoms with Gasteiger partial charge >= 0.3 is 0 Å². The molecular formula is C18H18BrNO2. The molecule has 1 aliphatic rings. The van der Waals surface area contributed by atoms with Crippen LogP contribution < -0.4 is 4.74 Å². The molecule has 0 aliphatic heterocycles. The van der Waals surface area contributed by atoms with Crippen molar-refractivity contribution >= 4 is 21.8 Å². The maximum Gasteiger partial charge on any atom is 0.255 e. The van der Waals surface area contributed by atoms with E-state index in [0.29, 0.717) is 12.6 Å². The van der Waals surface area contributed by atoms with Crippen molar-refractivity contribution in [3.8, 4) is 5.75 Å². The third-order valence-electron chi connectivity index (χ3n) is 3.86. The number of nitrogens with zero attached hydrogens (tertiary/aromatic N) is 1. The van der Waals surface area contributed by atoms with Crippen molar-refractivity contribution < 1.29 is 9.53 Å². The standard InChI is InChI=1S/C18H18BrNO2/c1-22-15-10-6-13(7-11-15)12-20(14-8-9-14)18(21)16-4-2-3-5-17(16)19/h2-7,10-11,14H,8-9,12H2,1H3. The fourth-order valence-electron chi connectivity index (χ4n) is 2.47. The zero-order chi connectivity index (χ0) is 15.5. The van der Waals surface area contributed by atoms with Crippen molar-refractivity contribution in [2.75, 3.05) is 7.11 Å². The van der Waals surface area contributed by atoms with Crippen LogP contribution in [-0.4, -0.2) is 24.0 Å². The monoisotopic (exact) mass is 359 g/mol. The number of methoxy groups -OCH3 is 1. The summed E-state index contributed by atoms with van der Waals surface area (Å²) in [6, 6.07) is 15.9. The first kappa shape index (κ1) is 15.1. The average molecular weight is 360 g/mol. The van der Waals surface area contributed by atoms with E-state index in [9.17, 15) is 4.79 Å². The molecule has 0 atom stereocenters. The molecule has 0 spiro atoms. The number of hydrogen-bond acceptors (Lipinski definition) is 2. The molecule has 1 amide bonds. The molecule has 0 saturated heterocycles. The Morgan fingerprint density at radius 1 is 1.18 bits per heavy atom. The number of carbonyl (C=O) groups excluding carboxylic acids is 1. The van der Waals surface area contributed by atoms with Crippen LogP contribution in [-0.2, 0) is 6.54 Å². The van der Waals surface area contributed by atoms with Crippen LogP contribution in [0.5, 0.6) is 5.75 Å². The molecule has 0 heterocycles. The van der Waals surface area contributed by atoms with Gasteiger partial charge in [-0.1, -0.05) is 24.3 Å². The molecule has 0 radical (unpaired) electrons. The van der Waals surface area contributed by atoms with Gasteiger partial charge in [0.1, 0.15) is 5.75 Å². The smallest absolute Gasteiger partial charge is 0.255 e. The van der Waals surface area contributed by atoms with Crippen LogP contribution in [0.1, 0.15) is 28.8 Å². The van der Waals surface area contributed by atoms with Crippen molar-refractivity contribution in [3.63, 3.8) is 0 Å². The fourth-order valence-corrected chi connectivity index (χ4v) is 2.92. The zero-order valence-corrected chi connectivity index (χ0v) is 14.0. The van der Waals surface area contributed by atoms with Crippen LogP contribution in [0.4, 0.5) is 0 Å². The third-order valence-corrected chi connectivity index (χ3v) is 4.56. The van der Waals surface area contributed by atoms with Gasteiger partial charge in [0, 0.05) is 17.1 Å². The summed E-state index contributed by atoms with van der Waals surface area (Å²) >= 11 is 3.47. The Morgan fingerprint density at radius 2 is 1.86 bits per heavy atom. The van der Waals surface area contributed by atoms with Gasteiger partial charge in [0.05, 0.1) is 12.7 Å². The number of rotatable bonds is 5. The van der Waals surface area contributed by atoms with E-state index in [1.54, 1.807) is 7.11 Å². The predicted molar refractivity (Wildman–Crippen MR) is 90.0 cm³/mol. The van der Waals surface area contributed by atoms with Crippen molar-refractivity contribution in [1.29, 1.82) is 0 Å². The van der Waals surface area contributed by atoms with E-state index in [4.69, 9.17) is 4.74 Å². The van der Waals surface area contributed by atoms with Crippen LogP contribution in [0.3, 0.4) is 0 Å². The summed E-state index contributed by atoms with van der Waals surface area (Å²) in [5.41, 5.74) is 1.84. The topological polar surface area (TPSA) is 29.5 Å². The molecule has 0 aromatic heterocycles. The highest BCUT2D eigenvalue weighted by atomic mass is 79.9. The van der Waals surface area contributed by atoms with E-state index in [2.05, 4.69) is 15.9 Å². The first-order valence-corrected chi connectivity index (χ1v) is 8.17. The lowest BCUT2D eigenvalue weighted by atomic mass is 10.1. The molecule has 3 rings (SSSR count). The van der Waals surface area contributed by atoms with Gasteiger partial charge in [-0.05, 0) is 58.6 Å². The highest BCUT2D eigenvalue weighted by Crippen LogP contribution is 2.31. The molecule has 1 fully saturated rings. The highest BCUT2D eigenvalue weighted by molar-refractivity contribution is 9.10. The summed E-state index contributed by atoms with van der Waals surface area (Å²) < 4.78 is 6.03. The van der Waals surface area contributed by atoms with Crippen LogP contribution in [0.15, 0.2) is 53.0 Å². The second-order valence-electron chi connectivity index (χ2n) is 5.49. The number of ether oxygens (including phenoxy) is 1. The number of halogens is 1. The molecule has 0 N–H and O–H groups in total. The minimum absolute atomic E-state index is 0.0887. The van der Waals surface area contributed by atoms with Crippen molar-refractivity contribution in [2.24, 2.45) is 0 Å². The molecule has 114 valence electrons. The molecule has 2 aromatic rings. The second-order valence-corrected chi connectivity index (χ2v) is 6.35. The molecule has 4 heteroatoms. The predicted octanol–water partition coefficient (Wildman–Crippen LogP) is 4.26. The van der Waals surface area contributed by atoms with Gasteiger partial charge in [-0.2, -0.15) is 0 Å². The van der Waals surface area contributed by atoms with Gasteiger partial charge in [-0.15, -0.1) is 0 Å². The van der Waals surface area contributed by atoms with Crippen molar-refractivity contribution in [3.05, 3.63) is 64.1 Å². The van der Waals surface area contributed by atoms with E-state index in [1.807, 2.05) is 53.4 Å². The van der Waals surface area contributed by atoms with Crippen LogP contribution in [0.2, 0.25) is 0 Å². The highest BCUT2D eigenvalue weighted by Gasteiger charge is 2.33. The number of amides is 1. The van der Waals surface area contributed by atoms with Gasteiger partial charge in [-0.3, -0.25) is 4.79 Å². The Kier molecular flexibility index (Phi) is 4.48. The summed E-state index contributed by atoms with van der Waals surface area (Å²) in [5.74, 6) is 0.921. The average Bonchev–Trinajstić information content (AvgIpc) is 3.38. The molecule has 1 saturated carbocycles. The van der Waals surface area contributed by atoms with E-state index in [1.165, 1.54) is 0 Å². The number of carbonyl (C=O) groups is 1. The normalized spacial score (nSPS) is 13.7. The lowest BCUT2D eigenvalue weighted by Gasteiger charge is -2.23. The van der Waals surface area contributed by atoms with Crippen molar-refractivity contribution in [1.82, 2.24) is 4.90 Å². The molecule has 0 bridgehead atoms. The molecule has 2 aromatic carbocycles. The Balaban J connectivity index is 1.80. The maximum atomic E-state index is 12.8. The number of hydrogen-bond donors (Lipinski definition) is 0. The van der Waals surface area contributed by atoms with Crippen LogP contribution in [0, 0.1) is 0 Å². The van der Waals surface area contributed by atoms with Gasteiger partial charge < -0.3 is 9.64 Å². The Morgan fingerprint density at radius 3 is 2.45 bits per heavy atom. The molecular weight excluding hydrogens is 342 g/mol. The van der Waals surface area contributed by atoms with Gasteiger partial charge in [0.25, 0.3) is 5.91 Å². The van der Waals surface area contributed by atoms with Gasteiger partial charge in [0.15, 0.2) is 0 Å². The summed E-state index contributed by atoms with van der Waals surface area (Å²) in [7, 11) is 1.65. The van der Waals surface area contributed by atoms with Crippen LogP contribution >= 0.6 is 15.9 Å². The van der Waals surface area contributed by atoms with E-state index < -0.39 is 0 Å². The first-order valence-electron chi connectivity index (χ1n) is 7.37. The molecule has 0 unspecified atom stereocenters. The quantitative estimate of drug-likeness (QED) is 0.797. The summed E-state index contributed by atoms with van der Waals surface area (Å²) in [6.45, 7) is 0.634. The fraction of sp³-hybridized carbons (Fsp3) is 0.278. The molecule has 1 aliphatic carbocycles. The molecule has 3 nitrogen and oxygen atoms in total. The van der Waals surface area contributed by atoms with Crippen LogP contribution in [0.25, 0.3) is 0 Å². The van der Waals surface area contributed by atoms with E-state index in [-0.39, 0.29) is 5.91 Å². The van der Waals surface area contributed by atoms with E-state index in [0.717, 1.165) is 34.2 Å². The summed E-state index contributed by atoms with van der Waals surface area (Å²) in [6.07, 6.45) is 2.18. The first-order chi connectivity index (χ1) is 10.7. The lowest BCUT2D eigenvalue weighted by molar-refractivity contribution is 0.0729. The minimum Gasteiger partial charge on any atom is -0.497 e. The lowest BCUT2D eigenvalue weighted by Crippen LogP contribution is -2.32. The summed E-state index contributed by atoms with van der Waals surface area (Å²) in [5, 5.41) is 0. The third kappa shape index (κ3) is 3.33. The largest absolute Gasteiger partial charge is 0.497 e. The Hall–Kier alpha value is -1.81. The van der Waals surface area contributed by atoms with Crippen molar-refractivity contribution in [2.45, 2.75) is 25.4 Å². The Labute approximate surface area is 139 Å². The minimum atomic E-state index is 0.0887.